The maximum absolute atomic E-state index is 12.7. The molecule has 1 aliphatic rings. The van der Waals surface area contributed by atoms with Crippen LogP contribution in [0.15, 0.2) is 78.2 Å². The van der Waals surface area contributed by atoms with E-state index in [9.17, 15) is 4.79 Å². The summed E-state index contributed by atoms with van der Waals surface area (Å²) in [6.45, 7) is 2.36. The topological polar surface area (TPSA) is 45.2 Å². The normalized spacial score (nSPS) is 14.6. The number of aromatic nitrogens is 1. The summed E-state index contributed by atoms with van der Waals surface area (Å²) in [4.78, 5) is 20.0. The molecule has 1 N–H and O–H groups in total. The van der Waals surface area contributed by atoms with E-state index >= 15 is 0 Å². The van der Waals surface area contributed by atoms with Gasteiger partial charge < -0.3 is 10.2 Å². The molecule has 1 aliphatic heterocycles. The molecule has 0 atom stereocenters. The minimum atomic E-state index is 0.0780. The largest absolute Gasteiger partial charge is 0.370 e. The monoisotopic (exact) mass is 427 g/mol. The lowest BCUT2D eigenvalue weighted by Crippen LogP contribution is -2.40. The molecule has 1 amide bonds. The number of nitrogens with one attached hydrogen (secondary N) is 1. The standard InChI is InChI=1S/C26H25N3OS/c30-26(27-18-19-7-3-1-4-8-19)21-11-14-29(15-12-21)24-17-23(20-9-5-2-6-10-20)28-22-13-16-31-25(22)24/h1-10,13,16-17,21H,11-12,14-15,18H2,(H,27,30). The second kappa shape index (κ2) is 8.90. The molecule has 31 heavy (non-hydrogen) atoms. The fourth-order valence-corrected chi connectivity index (χ4v) is 5.12. The highest BCUT2D eigenvalue weighted by Gasteiger charge is 2.26. The zero-order valence-corrected chi connectivity index (χ0v) is 18.1. The summed E-state index contributed by atoms with van der Waals surface area (Å²) >= 11 is 1.74. The van der Waals surface area contributed by atoms with Crippen molar-refractivity contribution in [3.8, 4) is 11.3 Å². The van der Waals surface area contributed by atoms with Gasteiger partial charge in [-0.3, -0.25) is 4.79 Å². The molecular formula is C26H25N3OS. The first kappa shape index (κ1) is 19.8. The number of pyridine rings is 1. The van der Waals surface area contributed by atoms with E-state index in [1.807, 2.05) is 48.5 Å². The Kier molecular flexibility index (Phi) is 5.67. The van der Waals surface area contributed by atoms with Crippen molar-refractivity contribution in [2.45, 2.75) is 19.4 Å². The Labute approximate surface area is 186 Å². The fourth-order valence-electron chi connectivity index (χ4n) is 4.24. The highest BCUT2D eigenvalue weighted by atomic mass is 32.1. The number of anilines is 1. The minimum Gasteiger partial charge on any atom is -0.370 e. The van der Waals surface area contributed by atoms with Gasteiger partial charge in [-0.2, -0.15) is 0 Å². The minimum absolute atomic E-state index is 0.0780. The van der Waals surface area contributed by atoms with Gasteiger partial charge in [0.1, 0.15) is 0 Å². The van der Waals surface area contributed by atoms with Crippen LogP contribution in [-0.4, -0.2) is 24.0 Å². The zero-order valence-electron chi connectivity index (χ0n) is 17.3. The molecule has 0 radical (unpaired) electrons. The third kappa shape index (κ3) is 4.32. The van der Waals surface area contributed by atoms with E-state index in [0.717, 1.165) is 48.3 Å². The summed E-state index contributed by atoms with van der Waals surface area (Å²) in [5, 5.41) is 5.22. The second-order valence-corrected chi connectivity index (χ2v) is 8.91. The molecule has 1 saturated heterocycles. The molecule has 3 heterocycles. The van der Waals surface area contributed by atoms with Gasteiger partial charge in [0.15, 0.2) is 0 Å². The predicted molar refractivity (Wildman–Crippen MR) is 128 cm³/mol. The summed E-state index contributed by atoms with van der Waals surface area (Å²) < 4.78 is 1.23. The number of fused-ring (bicyclic) bond motifs is 1. The predicted octanol–water partition coefficient (Wildman–Crippen LogP) is 5.50. The van der Waals surface area contributed by atoms with E-state index in [1.54, 1.807) is 11.3 Å². The van der Waals surface area contributed by atoms with Crippen LogP contribution in [0, 0.1) is 5.92 Å². The fraction of sp³-hybridized carbons (Fsp3) is 0.231. The first-order valence-electron chi connectivity index (χ1n) is 10.8. The third-order valence-electron chi connectivity index (χ3n) is 5.98. The molecule has 0 aliphatic carbocycles. The van der Waals surface area contributed by atoms with Crippen molar-refractivity contribution in [1.29, 1.82) is 0 Å². The van der Waals surface area contributed by atoms with Crippen LogP contribution in [0.2, 0.25) is 0 Å². The molecule has 5 rings (SSSR count). The summed E-state index contributed by atoms with van der Waals surface area (Å²) in [6, 6.07) is 24.7. The lowest BCUT2D eigenvalue weighted by atomic mass is 9.95. The molecule has 0 spiro atoms. The van der Waals surface area contributed by atoms with Gasteiger partial charge in [-0.1, -0.05) is 60.7 Å². The molecule has 4 nitrogen and oxygen atoms in total. The van der Waals surface area contributed by atoms with E-state index < -0.39 is 0 Å². The molecule has 0 saturated carbocycles. The number of benzene rings is 2. The number of carbonyl (C=O) groups is 1. The third-order valence-corrected chi connectivity index (χ3v) is 6.90. The zero-order chi connectivity index (χ0) is 21.0. The van der Waals surface area contributed by atoms with E-state index in [-0.39, 0.29) is 11.8 Å². The van der Waals surface area contributed by atoms with Crippen molar-refractivity contribution in [1.82, 2.24) is 10.3 Å². The van der Waals surface area contributed by atoms with Crippen LogP contribution in [-0.2, 0) is 11.3 Å². The van der Waals surface area contributed by atoms with Gasteiger partial charge in [-0.15, -0.1) is 11.3 Å². The molecule has 4 aromatic rings. The van der Waals surface area contributed by atoms with Gasteiger partial charge >= 0.3 is 0 Å². The van der Waals surface area contributed by atoms with Crippen LogP contribution in [0.4, 0.5) is 5.69 Å². The maximum atomic E-state index is 12.7. The van der Waals surface area contributed by atoms with Gasteiger partial charge in [0.05, 0.1) is 21.6 Å². The molecule has 2 aromatic carbocycles. The Morgan fingerprint density at radius 2 is 1.71 bits per heavy atom. The van der Waals surface area contributed by atoms with E-state index in [0.29, 0.717) is 6.54 Å². The molecular weight excluding hydrogens is 402 g/mol. The van der Waals surface area contributed by atoms with Crippen molar-refractivity contribution < 1.29 is 4.79 Å². The second-order valence-electron chi connectivity index (χ2n) is 7.99. The number of hydrogen-bond donors (Lipinski definition) is 1. The van der Waals surface area contributed by atoms with Gasteiger partial charge in [-0.05, 0) is 35.9 Å². The lowest BCUT2D eigenvalue weighted by Gasteiger charge is -2.33. The van der Waals surface area contributed by atoms with Crippen molar-refractivity contribution in [2.24, 2.45) is 5.92 Å². The number of thiophene rings is 1. The van der Waals surface area contributed by atoms with Gasteiger partial charge in [0.2, 0.25) is 5.91 Å². The van der Waals surface area contributed by atoms with Crippen molar-refractivity contribution >= 4 is 33.1 Å². The Balaban J connectivity index is 1.29. The Morgan fingerprint density at radius 1 is 1.00 bits per heavy atom. The number of rotatable bonds is 5. The number of amides is 1. The summed E-state index contributed by atoms with van der Waals surface area (Å²) in [7, 11) is 0. The quantitative estimate of drug-likeness (QED) is 0.458. The van der Waals surface area contributed by atoms with Crippen molar-refractivity contribution in [3.05, 3.63) is 83.7 Å². The molecule has 1 fully saturated rings. The number of nitrogens with zero attached hydrogens (tertiary/aromatic N) is 2. The summed E-state index contributed by atoms with van der Waals surface area (Å²) in [5.41, 5.74) is 5.56. The SMILES string of the molecule is O=C(NCc1ccccc1)C1CCN(c2cc(-c3ccccc3)nc3ccsc23)CC1. The molecule has 156 valence electrons. The Morgan fingerprint density at radius 3 is 2.45 bits per heavy atom. The van der Waals surface area contributed by atoms with Crippen LogP contribution < -0.4 is 10.2 Å². The van der Waals surface area contributed by atoms with Gasteiger partial charge in [0.25, 0.3) is 0 Å². The van der Waals surface area contributed by atoms with Crippen LogP contribution in [0.1, 0.15) is 18.4 Å². The number of carbonyl (C=O) groups excluding carboxylic acids is 1. The van der Waals surface area contributed by atoms with Crippen molar-refractivity contribution in [3.63, 3.8) is 0 Å². The van der Waals surface area contributed by atoms with Gasteiger partial charge in [0, 0.05) is 31.1 Å². The summed E-state index contributed by atoms with van der Waals surface area (Å²) in [5.74, 6) is 0.249. The van der Waals surface area contributed by atoms with Gasteiger partial charge in [-0.25, -0.2) is 4.98 Å². The van der Waals surface area contributed by atoms with Crippen LogP contribution >= 0.6 is 11.3 Å². The first-order chi connectivity index (χ1) is 15.3. The van der Waals surface area contributed by atoms with Crippen molar-refractivity contribution in [2.75, 3.05) is 18.0 Å². The van der Waals surface area contributed by atoms with Crippen LogP contribution in [0.25, 0.3) is 21.5 Å². The maximum Gasteiger partial charge on any atom is 0.223 e. The van der Waals surface area contributed by atoms with Crippen LogP contribution in [0.3, 0.4) is 0 Å². The average Bonchev–Trinajstić information content (AvgIpc) is 3.32. The number of hydrogen-bond acceptors (Lipinski definition) is 4. The van der Waals surface area contributed by atoms with E-state index in [2.05, 4.69) is 39.9 Å². The molecule has 0 bridgehead atoms. The Bertz CT molecular complexity index is 1170. The van der Waals surface area contributed by atoms with Crippen LogP contribution in [0.5, 0.6) is 0 Å². The molecule has 0 unspecified atom stereocenters. The van der Waals surface area contributed by atoms with E-state index in [1.165, 1.54) is 10.4 Å². The Hall–Kier alpha value is -3.18. The molecule has 2 aromatic heterocycles. The number of piperidine rings is 1. The highest BCUT2D eigenvalue weighted by molar-refractivity contribution is 7.17. The molecule has 5 heteroatoms. The first-order valence-corrected chi connectivity index (χ1v) is 11.7. The average molecular weight is 428 g/mol. The lowest BCUT2D eigenvalue weighted by molar-refractivity contribution is -0.125. The smallest absolute Gasteiger partial charge is 0.223 e. The summed E-state index contributed by atoms with van der Waals surface area (Å²) in [6.07, 6.45) is 1.74. The highest BCUT2D eigenvalue weighted by Crippen LogP contribution is 2.36. The van der Waals surface area contributed by atoms with E-state index in [4.69, 9.17) is 4.98 Å².